The molecule has 0 aliphatic carbocycles. The molecule has 0 aromatic heterocycles. The molecule has 3 nitrogen and oxygen atoms in total. The van der Waals surface area contributed by atoms with Crippen LogP contribution in [-0.2, 0) is 4.74 Å². The van der Waals surface area contributed by atoms with Crippen LogP contribution in [-0.4, -0.2) is 49.8 Å². The number of ether oxygens (including phenoxy) is 1. The van der Waals surface area contributed by atoms with E-state index in [0.29, 0.717) is 24.1 Å². The zero-order chi connectivity index (χ0) is 13.5. The average molecular weight is 256 g/mol. The Kier molecular flexibility index (Phi) is 7.20. The van der Waals surface area contributed by atoms with Gasteiger partial charge in [0.25, 0.3) is 0 Å². The lowest BCUT2D eigenvalue weighted by Gasteiger charge is -2.34. The van der Waals surface area contributed by atoms with Gasteiger partial charge in [-0.3, -0.25) is 0 Å². The van der Waals surface area contributed by atoms with Gasteiger partial charge in [-0.05, 0) is 32.4 Å². The minimum Gasteiger partial charge on any atom is -0.375 e. The van der Waals surface area contributed by atoms with Crippen LogP contribution in [0, 0.1) is 5.92 Å². The molecule has 1 aliphatic rings. The summed E-state index contributed by atoms with van der Waals surface area (Å²) in [6, 6.07) is 1.16. The third-order valence-corrected chi connectivity index (χ3v) is 3.90. The van der Waals surface area contributed by atoms with Crippen LogP contribution in [0.15, 0.2) is 0 Å². The minimum absolute atomic E-state index is 0.336. The Bertz CT molecular complexity index is 219. The molecule has 1 aliphatic heterocycles. The lowest BCUT2D eigenvalue weighted by Crippen LogP contribution is -2.43. The Labute approximate surface area is 113 Å². The van der Waals surface area contributed by atoms with Crippen LogP contribution in [0.5, 0.6) is 0 Å². The number of piperidine rings is 1. The van der Waals surface area contributed by atoms with Gasteiger partial charge in [0.15, 0.2) is 0 Å². The highest BCUT2D eigenvalue weighted by molar-refractivity contribution is 4.75. The van der Waals surface area contributed by atoms with Crippen molar-refractivity contribution in [1.29, 1.82) is 0 Å². The van der Waals surface area contributed by atoms with E-state index in [1.807, 2.05) is 0 Å². The van der Waals surface area contributed by atoms with Gasteiger partial charge >= 0.3 is 0 Å². The summed E-state index contributed by atoms with van der Waals surface area (Å²) in [7, 11) is 2.23. The van der Waals surface area contributed by atoms with Crippen LogP contribution in [0.2, 0.25) is 0 Å². The summed E-state index contributed by atoms with van der Waals surface area (Å²) in [6.45, 7) is 11.9. The number of nitrogens with zero attached hydrogens (tertiary/aromatic N) is 1. The van der Waals surface area contributed by atoms with Crippen LogP contribution in [0.3, 0.4) is 0 Å². The molecule has 1 saturated heterocycles. The van der Waals surface area contributed by atoms with Gasteiger partial charge in [0, 0.05) is 18.6 Å². The fourth-order valence-electron chi connectivity index (χ4n) is 2.43. The molecule has 0 amide bonds. The highest BCUT2D eigenvalue weighted by Crippen LogP contribution is 2.16. The second-order valence-electron chi connectivity index (χ2n) is 6.31. The van der Waals surface area contributed by atoms with E-state index in [0.717, 1.165) is 13.2 Å². The van der Waals surface area contributed by atoms with Crippen molar-refractivity contribution in [2.75, 3.05) is 26.7 Å². The summed E-state index contributed by atoms with van der Waals surface area (Å²) < 4.78 is 6.16. The Hall–Kier alpha value is -0.120. The zero-order valence-corrected chi connectivity index (χ0v) is 12.9. The van der Waals surface area contributed by atoms with Gasteiger partial charge in [0.05, 0.1) is 12.7 Å². The molecule has 2 atom stereocenters. The fraction of sp³-hybridized carbons (Fsp3) is 1.00. The minimum atomic E-state index is 0.336. The number of rotatable bonds is 7. The Balaban J connectivity index is 2.31. The Morgan fingerprint density at radius 3 is 2.50 bits per heavy atom. The van der Waals surface area contributed by atoms with E-state index in [4.69, 9.17) is 4.74 Å². The summed E-state index contributed by atoms with van der Waals surface area (Å²) in [5.74, 6) is 0.574. The topological polar surface area (TPSA) is 24.5 Å². The van der Waals surface area contributed by atoms with E-state index >= 15 is 0 Å². The second-order valence-corrected chi connectivity index (χ2v) is 6.31. The first kappa shape index (κ1) is 15.9. The van der Waals surface area contributed by atoms with Crippen molar-refractivity contribution < 1.29 is 4.74 Å². The summed E-state index contributed by atoms with van der Waals surface area (Å²) >= 11 is 0. The van der Waals surface area contributed by atoms with E-state index < -0.39 is 0 Å². The predicted octanol–water partition coefficient (Wildman–Crippen LogP) is 2.51. The van der Waals surface area contributed by atoms with Crippen molar-refractivity contribution in [1.82, 2.24) is 10.2 Å². The van der Waals surface area contributed by atoms with E-state index in [1.54, 1.807) is 0 Å². The maximum absolute atomic E-state index is 6.16. The van der Waals surface area contributed by atoms with Crippen LogP contribution < -0.4 is 5.32 Å². The van der Waals surface area contributed by atoms with Crippen molar-refractivity contribution in [3.63, 3.8) is 0 Å². The molecule has 1 rings (SSSR count). The maximum Gasteiger partial charge on any atom is 0.0723 e. The van der Waals surface area contributed by atoms with Crippen molar-refractivity contribution in [3.05, 3.63) is 0 Å². The molecule has 0 bridgehead atoms. The highest BCUT2D eigenvalue weighted by atomic mass is 16.5. The molecule has 0 aromatic rings. The van der Waals surface area contributed by atoms with Crippen LogP contribution in [0.4, 0.5) is 0 Å². The van der Waals surface area contributed by atoms with Gasteiger partial charge in [-0.2, -0.15) is 0 Å². The van der Waals surface area contributed by atoms with Gasteiger partial charge in [-0.1, -0.05) is 34.1 Å². The average Bonchev–Trinajstić information content (AvgIpc) is 2.30. The molecule has 0 saturated carbocycles. The van der Waals surface area contributed by atoms with E-state index in [1.165, 1.54) is 25.8 Å². The first-order valence-electron chi connectivity index (χ1n) is 7.56. The molecule has 18 heavy (non-hydrogen) atoms. The normalized spacial score (nSPS) is 23.8. The summed E-state index contributed by atoms with van der Waals surface area (Å²) in [6.07, 6.45) is 4.33. The molecule has 3 heteroatoms. The van der Waals surface area contributed by atoms with Crippen LogP contribution in [0.25, 0.3) is 0 Å². The highest BCUT2D eigenvalue weighted by Gasteiger charge is 2.22. The summed E-state index contributed by atoms with van der Waals surface area (Å²) in [4.78, 5) is 2.46. The number of hydrogen-bond acceptors (Lipinski definition) is 3. The van der Waals surface area contributed by atoms with Crippen molar-refractivity contribution in [3.8, 4) is 0 Å². The molecule has 1 heterocycles. The summed E-state index contributed by atoms with van der Waals surface area (Å²) in [5, 5.41) is 3.49. The number of hydrogen-bond donors (Lipinski definition) is 1. The molecule has 2 unspecified atom stereocenters. The SMILES string of the molecule is CC(C)NCC(OCC1CCCCN1C)C(C)C. The smallest absolute Gasteiger partial charge is 0.0723 e. The summed E-state index contributed by atoms with van der Waals surface area (Å²) in [5.41, 5.74) is 0. The van der Waals surface area contributed by atoms with Gasteiger partial charge in [0.1, 0.15) is 0 Å². The zero-order valence-electron chi connectivity index (χ0n) is 12.9. The number of likely N-dealkylation sites (tertiary alicyclic amines) is 1. The third kappa shape index (κ3) is 5.68. The molecule has 0 spiro atoms. The molecule has 0 radical (unpaired) electrons. The van der Waals surface area contributed by atoms with E-state index in [9.17, 15) is 0 Å². The fourth-order valence-corrected chi connectivity index (χ4v) is 2.43. The van der Waals surface area contributed by atoms with E-state index in [-0.39, 0.29) is 0 Å². The molecular formula is C15H32N2O. The molecular weight excluding hydrogens is 224 g/mol. The van der Waals surface area contributed by atoms with Gasteiger partial charge in [-0.15, -0.1) is 0 Å². The first-order chi connectivity index (χ1) is 8.50. The maximum atomic E-state index is 6.16. The van der Waals surface area contributed by atoms with Gasteiger partial charge < -0.3 is 15.0 Å². The van der Waals surface area contributed by atoms with Crippen LogP contribution in [0.1, 0.15) is 47.0 Å². The quantitative estimate of drug-likeness (QED) is 0.757. The molecule has 0 aromatic carbocycles. The molecule has 1 N–H and O–H groups in total. The number of nitrogens with one attached hydrogen (secondary N) is 1. The Morgan fingerprint density at radius 1 is 1.22 bits per heavy atom. The largest absolute Gasteiger partial charge is 0.375 e. The van der Waals surface area contributed by atoms with Crippen LogP contribution >= 0.6 is 0 Å². The van der Waals surface area contributed by atoms with Gasteiger partial charge in [-0.25, -0.2) is 0 Å². The number of likely N-dealkylation sites (N-methyl/N-ethyl adjacent to an activating group) is 1. The second kappa shape index (κ2) is 8.13. The van der Waals surface area contributed by atoms with E-state index in [2.05, 4.69) is 45.0 Å². The first-order valence-corrected chi connectivity index (χ1v) is 7.56. The standard InChI is InChI=1S/C15H32N2O/c1-12(2)15(10-16-13(3)4)18-11-14-8-6-7-9-17(14)5/h12-16H,6-11H2,1-5H3. The monoisotopic (exact) mass is 256 g/mol. The predicted molar refractivity (Wildman–Crippen MR) is 78.0 cm³/mol. The lowest BCUT2D eigenvalue weighted by molar-refractivity contribution is -0.0169. The van der Waals surface area contributed by atoms with Gasteiger partial charge in [0.2, 0.25) is 0 Å². The van der Waals surface area contributed by atoms with Crippen molar-refractivity contribution in [2.24, 2.45) is 5.92 Å². The third-order valence-electron chi connectivity index (χ3n) is 3.90. The lowest BCUT2D eigenvalue weighted by atomic mass is 10.0. The Morgan fingerprint density at radius 2 is 1.94 bits per heavy atom. The van der Waals surface area contributed by atoms with Crippen molar-refractivity contribution in [2.45, 2.75) is 65.1 Å². The van der Waals surface area contributed by atoms with Crippen molar-refractivity contribution >= 4 is 0 Å². The molecule has 1 fully saturated rings. The molecule has 108 valence electrons.